The monoisotopic (exact) mass is 160 g/mol. The molecule has 64 valence electrons. The van der Waals surface area contributed by atoms with E-state index < -0.39 is 12.1 Å². The zero-order chi connectivity index (χ0) is 8.32. The van der Waals surface area contributed by atoms with Crippen molar-refractivity contribution in [3.8, 4) is 0 Å². The standard InChI is InChI=1S/C6H12N2O3/c7-4-2-1-3-6(8)10-5(9)11-6/h1-4,7-8H2. The van der Waals surface area contributed by atoms with Gasteiger partial charge in [0.05, 0.1) is 0 Å². The molecule has 0 bridgehead atoms. The van der Waals surface area contributed by atoms with Crippen molar-refractivity contribution in [2.75, 3.05) is 6.54 Å². The largest absolute Gasteiger partial charge is 0.516 e. The van der Waals surface area contributed by atoms with Gasteiger partial charge in [0, 0.05) is 6.42 Å². The van der Waals surface area contributed by atoms with Crippen molar-refractivity contribution in [2.24, 2.45) is 11.5 Å². The van der Waals surface area contributed by atoms with Gasteiger partial charge in [-0.25, -0.2) is 4.79 Å². The first-order chi connectivity index (χ1) is 5.16. The van der Waals surface area contributed by atoms with Gasteiger partial charge >= 0.3 is 12.1 Å². The molecule has 0 radical (unpaired) electrons. The van der Waals surface area contributed by atoms with Crippen LogP contribution in [0, 0.1) is 0 Å². The number of unbranched alkanes of at least 4 members (excludes halogenated alkanes) is 1. The van der Waals surface area contributed by atoms with Crippen LogP contribution in [0.15, 0.2) is 0 Å². The number of cyclic esters (lactones) is 2. The van der Waals surface area contributed by atoms with Crippen LogP contribution in [0.3, 0.4) is 0 Å². The van der Waals surface area contributed by atoms with Crippen LogP contribution < -0.4 is 11.5 Å². The highest BCUT2D eigenvalue weighted by atomic mass is 16.9. The SMILES string of the molecule is NCCCCC1(N)OC(=O)O1. The fraction of sp³-hybridized carbons (Fsp3) is 0.833. The van der Waals surface area contributed by atoms with E-state index in [1.165, 1.54) is 0 Å². The molecule has 0 aliphatic carbocycles. The third-order valence-corrected chi connectivity index (χ3v) is 1.49. The van der Waals surface area contributed by atoms with Gasteiger partial charge in [-0.3, -0.25) is 5.73 Å². The minimum atomic E-state index is -1.16. The van der Waals surface area contributed by atoms with Gasteiger partial charge in [-0.05, 0) is 19.4 Å². The van der Waals surface area contributed by atoms with E-state index in [9.17, 15) is 4.79 Å². The Morgan fingerprint density at radius 1 is 1.36 bits per heavy atom. The van der Waals surface area contributed by atoms with E-state index >= 15 is 0 Å². The third-order valence-electron chi connectivity index (χ3n) is 1.49. The lowest BCUT2D eigenvalue weighted by molar-refractivity contribution is -0.271. The molecule has 1 saturated heterocycles. The van der Waals surface area contributed by atoms with Crippen LogP contribution in [0.4, 0.5) is 4.79 Å². The maximum atomic E-state index is 10.2. The van der Waals surface area contributed by atoms with Crippen molar-refractivity contribution < 1.29 is 14.3 Å². The fourth-order valence-corrected chi connectivity index (χ4v) is 0.908. The summed E-state index contributed by atoms with van der Waals surface area (Å²) in [6.07, 6.45) is 1.48. The fourth-order valence-electron chi connectivity index (χ4n) is 0.908. The van der Waals surface area contributed by atoms with E-state index in [-0.39, 0.29) is 0 Å². The second-order valence-electron chi connectivity index (χ2n) is 2.51. The van der Waals surface area contributed by atoms with Crippen molar-refractivity contribution in [2.45, 2.75) is 25.2 Å². The number of ether oxygens (including phenoxy) is 2. The average Bonchev–Trinajstić information content (AvgIpc) is 1.85. The van der Waals surface area contributed by atoms with Crippen LogP contribution in [-0.4, -0.2) is 18.6 Å². The van der Waals surface area contributed by atoms with Gasteiger partial charge in [0.15, 0.2) is 0 Å². The number of carbonyl (C=O) groups excluding carboxylic acids is 1. The van der Waals surface area contributed by atoms with Crippen molar-refractivity contribution >= 4 is 6.16 Å². The third kappa shape index (κ3) is 2.06. The van der Waals surface area contributed by atoms with Gasteiger partial charge in [0.25, 0.3) is 0 Å². The molecule has 4 N–H and O–H groups in total. The van der Waals surface area contributed by atoms with E-state index in [0.29, 0.717) is 13.0 Å². The molecule has 1 aliphatic heterocycles. The summed E-state index contributed by atoms with van der Waals surface area (Å²) in [5.74, 6) is -1.16. The molecule has 0 amide bonds. The molecule has 0 aromatic rings. The molecule has 1 aliphatic rings. The summed E-state index contributed by atoms with van der Waals surface area (Å²) in [6, 6.07) is 0. The van der Waals surface area contributed by atoms with Crippen molar-refractivity contribution in [3.05, 3.63) is 0 Å². The van der Waals surface area contributed by atoms with Gasteiger partial charge < -0.3 is 15.2 Å². The van der Waals surface area contributed by atoms with Crippen LogP contribution in [0.1, 0.15) is 19.3 Å². The summed E-state index contributed by atoms with van der Waals surface area (Å²) < 4.78 is 9.10. The van der Waals surface area contributed by atoms with E-state index in [4.69, 9.17) is 11.5 Å². The van der Waals surface area contributed by atoms with Crippen LogP contribution in [0.2, 0.25) is 0 Å². The first kappa shape index (κ1) is 8.29. The minimum absolute atomic E-state index is 0.510. The molecule has 11 heavy (non-hydrogen) atoms. The first-order valence-electron chi connectivity index (χ1n) is 3.57. The number of nitrogens with two attached hydrogens (primary N) is 2. The Hall–Kier alpha value is -0.810. The lowest BCUT2D eigenvalue weighted by atomic mass is 10.2. The number of hydrogen-bond acceptors (Lipinski definition) is 5. The molecule has 0 aromatic carbocycles. The van der Waals surface area contributed by atoms with Crippen molar-refractivity contribution in [3.63, 3.8) is 0 Å². The lowest BCUT2D eigenvalue weighted by Crippen LogP contribution is -2.57. The topological polar surface area (TPSA) is 87.6 Å². The second-order valence-corrected chi connectivity index (χ2v) is 2.51. The quantitative estimate of drug-likeness (QED) is 0.442. The molecule has 0 atom stereocenters. The molecule has 0 spiro atoms. The van der Waals surface area contributed by atoms with Gasteiger partial charge in [-0.2, -0.15) is 0 Å². The zero-order valence-electron chi connectivity index (χ0n) is 6.21. The Balaban J connectivity index is 2.11. The van der Waals surface area contributed by atoms with Crippen LogP contribution in [0.5, 0.6) is 0 Å². The van der Waals surface area contributed by atoms with E-state index in [0.717, 1.165) is 12.8 Å². The van der Waals surface area contributed by atoms with Gasteiger partial charge in [-0.15, -0.1) is 0 Å². The molecule has 0 aromatic heterocycles. The van der Waals surface area contributed by atoms with E-state index in [1.807, 2.05) is 0 Å². The molecule has 1 fully saturated rings. The van der Waals surface area contributed by atoms with Crippen LogP contribution >= 0.6 is 0 Å². The normalized spacial score (nSPS) is 20.0. The Morgan fingerprint density at radius 2 is 2.00 bits per heavy atom. The summed E-state index contributed by atoms with van der Waals surface area (Å²) in [6.45, 7) is 0.615. The van der Waals surface area contributed by atoms with Crippen molar-refractivity contribution in [1.29, 1.82) is 0 Å². The van der Waals surface area contributed by atoms with Crippen molar-refractivity contribution in [1.82, 2.24) is 0 Å². The number of carbonyl (C=O) groups is 1. The smallest absolute Gasteiger partial charge is 0.376 e. The lowest BCUT2D eigenvalue weighted by Gasteiger charge is -2.35. The average molecular weight is 160 g/mol. The molecule has 0 saturated carbocycles. The summed E-state index contributed by atoms with van der Waals surface area (Å²) in [4.78, 5) is 10.2. The number of rotatable bonds is 4. The Kier molecular flexibility index (Phi) is 2.31. The molecular weight excluding hydrogens is 148 g/mol. The first-order valence-corrected chi connectivity index (χ1v) is 3.57. The Bertz CT molecular complexity index is 152. The molecule has 5 nitrogen and oxygen atoms in total. The van der Waals surface area contributed by atoms with Gasteiger partial charge in [0.1, 0.15) is 0 Å². The Morgan fingerprint density at radius 3 is 2.45 bits per heavy atom. The minimum Gasteiger partial charge on any atom is -0.376 e. The van der Waals surface area contributed by atoms with Gasteiger partial charge in [-0.1, -0.05) is 0 Å². The summed E-state index contributed by atoms with van der Waals surface area (Å²) in [5.41, 5.74) is 10.7. The summed E-state index contributed by atoms with van der Waals surface area (Å²) in [5, 5.41) is 0. The molecule has 0 unspecified atom stereocenters. The number of hydrogen-bond donors (Lipinski definition) is 2. The molecule has 1 rings (SSSR count). The molecule has 5 heteroatoms. The predicted octanol–water partition coefficient (Wildman–Crippen LogP) is -0.105. The summed E-state index contributed by atoms with van der Waals surface area (Å²) in [7, 11) is 0. The van der Waals surface area contributed by atoms with E-state index in [1.54, 1.807) is 0 Å². The van der Waals surface area contributed by atoms with E-state index in [2.05, 4.69) is 9.47 Å². The Labute approximate surface area is 64.6 Å². The maximum Gasteiger partial charge on any atom is 0.516 e. The van der Waals surface area contributed by atoms with Crippen LogP contribution in [-0.2, 0) is 9.47 Å². The predicted molar refractivity (Wildman–Crippen MR) is 37.4 cm³/mol. The van der Waals surface area contributed by atoms with Crippen LogP contribution in [0.25, 0.3) is 0 Å². The highest BCUT2D eigenvalue weighted by molar-refractivity contribution is 5.65. The van der Waals surface area contributed by atoms with Gasteiger partial charge in [0.2, 0.25) is 0 Å². The highest BCUT2D eigenvalue weighted by Gasteiger charge is 2.44. The maximum absolute atomic E-state index is 10.2. The zero-order valence-corrected chi connectivity index (χ0v) is 6.21. The second kappa shape index (κ2) is 3.06. The summed E-state index contributed by atoms with van der Waals surface area (Å²) >= 11 is 0. The molecule has 1 heterocycles. The molecular formula is C6H12N2O3. The highest BCUT2D eigenvalue weighted by Crippen LogP contribution is 2.24.